The Hall–Kier alpha value is -3.15. The first-order chi connectivity index (χ1) is 12.7. The van der Waals surface area contributed by atoms with Gasteiger partial charge in [-0.15, -0.1) is 0 Å². The van der Waals surface area contributed by atoms with E-state index in [1.807, 2.05) is 25.1 Å². The van der Waals surface area contributed by atoms with Crippen molar-refractivity contribution < 1.29 is 18.3 Å². The number of carbonyl (C=O) groups excluding carboxylic acids is 1. The highest BCUT2D eigenvalue weighted by Gasteiger charge is 2.11. The van der Waals surface area contributed by atoms with Crippen LogP contribution in [0.3, 0.4) is 0 Å². The Morgan fingerprint density at radius 1 is 1.19 bits per heavy atom. The van der Waals surface area contributed by atoms with Crippen LogP contribution in [0.2, 0.25) is 0 Å². The number of halogens is 1. The van der Waals surface area contributed by atoms with Crippen molar-refractivity contribution in [3.63, 3.8) is 0 Å². The average molecular weight is 354 g/mol. The molecular weight excluding hydrogens is 335 g/mol. The number of hydrogen-bond acceptors (Lipinski definition) is 4. The molecule has 0 radical (unpaired) electrons. The molecule has 1 aromatic heterocycles. The molecule has 3 aromatic rings. The SMILES string of the molecule is CCOc1ccccc1NC(=O)CCc1ncc(-c2ccc(F)cc2)o1. The summed E-state index contributed by atoms with van der Waals surface area (Å²) in [6, 6.07) is 13.3. The highest BCUT2D eigenvalue weighted by Crippen LogP contribution is 2.24. The van der Waals surface area contributed by atoms with Gasteiger partial charge < -0.3 is 14.5 Å². The number of aryl methyl sites for hydroxylation is 1. The molecule has 1 N–H and O–H groups in total. The van der Waals surface area contributed by atoms with E-state index < -0.39 is 0 Å². The predicted molar refractivity (Wildman–Crippen MR) is 96.5 cm³/mol. The molecule has 0 aliphatic carbocycles. The average Bonchev–Trinajstić information content (AvgIpc) is 3.11. The zero-order valence-corrected chi connectivity index (χ0v) is 14.4. The van der Waals surface area contributed by atoms with Crippen molar-refractivity contribution >= 4 is 11.6 Å². The van der Waals surface area contributed by atoms with Crippen molar-refractivity contribution in [2.24, 2.45) is 0 Å². The zero-order chi connectivity index (χ0) is 18.4. The van der Waals surface area contributed by atoms with E-state index >= 15 is 0 Å². The van der Waals surface area contributed by atoms with E-state index in [-0.39, 0.29) is 18.1 Å². The molecule has 1 heterocycles. The Bertz CT molecular complexity index is 875. The molecule has 0 unspecified atom stereocenters. The number of hydrogen-bond donors (Lipinski definition) is 1. The minimum atomic E-state index is -0.308. The number of carbonyl (C=O) groups is 1. The lowest BCUT2D eigenvalue weighted by molar-refractivity contribution is -0.116. The van der Waals surface area contributed by atoms with E-state index in [1.165, 1.54) is 12.1 Å². The highest BCUT2D eigenvalue weighted by atomic mass is 19.1. The third kappa shape index (κ3) is 4.47. The number of benzene rings is 2. The van der Waals surface area contributed by atoms with Crippen molar-refractivity contribution in [1.29, 1.82) is 0 Å². The first kappa shape index (κ1) is 17.7. The maximum Gasteiger partial charge on any atom is 0.224 e. The molecule has 3 rings (SSSR count). The fourth-order valence-corrected chi connectivity index (χ4v) is 2.46. The number of anilines is 1. The number of nitrogens with one attached hydrogen (secondary N) is 1. The lowest BCUT2D eigenvalue weighted by Crippen LogP contribution is -2.13. The Labute approximate surface area is 150 Å². The molecule has 26 heavy (non-hydrogen) atoms. The first-order valence-corrected chi connectivity index (χ1v) is 8.38. The smallest absolute Gasteiger partial charge is 0.224 e. The number of oxazole rings is 1. The van der Waals surface area contributed by atoms with E-state index in [0.29, 0.717) is 36.1 Å². The second-order valence-electron chi connectivity index (χ2n) is 5.60. The third-order valence-corrected chi connectivity index (χ3v) is 3.71. The summed E-state index contributed by atoms with van der Waals surface area (Å²) in [5.41, 5.74) is 1.37. The Morgan fingerprint density at radius 3 is 2.73 bits per heavy atom. The molecule has 1 amide bonds. The van der Waals surface area contributed by atoms with Crippen LogP contribution in [0.25, 0.3) is 11.3 Å². The fraction of sp³-hybridized carbons (Fsp3) is 0.200. The maximum atomic E-state index is 13.0. The van der Waals surface area contributed by atoms with Gasteiger partial charge in [0, 0.05) is 18.4 Å². The summed E-state index contributed by atoms with van der Waals surface area (Å²) in [7, 11) is 0. The van der Waals surface area contributed by atoms with Crippen LogP contribution in [0.15, 0.2) is 59.1 Å². The van der Waals surface area contributed by atoms with Crippen LogP contribution in [0, 0.1) is 5.82 Å². The molecule has 134 valence electrons. The first-order valence-electron chi connectivity index (χ1n) is 8.38. The van der Waals surface area contributed by atoms with Gasteiger partial charge in [0.15, 0.2) is 11.7 Å². The van der Waals surface area contributed by atoms with Gasteiger partial charge in [-0.25, -0.2) is 9.37 Å². The second-order valence-corrected chi connectivity index (χ2v) is 5.60. The van der Waals surface area contributed by atoms with E-state index in [1.54, 1.807) is 24.4 Å². The van der Waals surface area contributed by atoms with Gasteiger partial charge in [0.05, 0.1) is 18.5 Å². The summed E-state index contributed by atoms with van der Waals surface area (Å²) in [6.07, 6.45) is 2.17. The van der Waals surface area contributed by atoms with E-state index in [2.05, 4.69) is 10.3 Å². The predicted octanol–water partition coefficient (Wildman–Crippen LogP) is 4.45. The van der Waals surface area contributed by atoms with Crippen molar-refractivity contribution in [2.75, 3.05) is 11.9 Å². The molecule has 5 nitrogen and oxygen atoms in total. The number of amides is 1. The third-order valence-electron chi connectivity index (χ3n) is 3.71. The molecule has 0 saturated carbocycles. The number of ether oxygens (including phenoxy) is 1. The Morgan fingerprint density at radius 2 is 1.96 bits per heavy atom. The topological polar surface area (TPSA) is 64.4 Å². The van der Waals surface area contributed by atoms with E-state index in [4.69, 9.17) is 9.15 Å². The van der Waals surface area contributed by atoms with Crippen LogP contribution >= 0.6 is 0 Å². The molecule has 6 heteroatoms. The van der Waals surface area contributed by atoms with Gasteiger partial charge >= 0.3 is 0 Å². The summed E-state index contributed by atoms with van der Waals surface area (Å²) in [5, 5.41) is 2.84. The molecule has 2 aromatic carbocycles. The molecule has 0 saturated heterocycles. The molecule has 0 bridgehead atoms. The van der Waals surface area contributed by atoms with Gasteiger partial charge in [0.25, 0.3) is 0 Å². The summed E-state index contributed by atoms with van der Waals surface area (Å²) < 4.78 is 24.1. The lowest BCUT2D eigenvalue weighted by atomic mass is 10.2. The minimum absolute atomic E-state index is 0.154. The molecule has 0 fully saturated rings. The molecule has 0 atom stereocenters. The minimum Gasteiger partial charge on any atom is -0.492 e. The Balaban J connectivity index is 1.58. The van der Waals surface area contributed by atoms with Crippen LogP contribution < -0.4 is 10.1 Å². The van der Waals surface area contributed by atoms with Crippen molar-refractivity contribution in [2.45, 2.75) is 19.8 Å². The monoisotopic (exact) mass is 354 g/mol. The van der Waals surface area contributed by atoms with Crippen molar-refractivity contribution in [3.8, 4) is 17.1 Å². The Kier molecular flexibility index (Phi) is 5.63. The van der Waals surface area contributed by atoms with Gasteiger partial charge in [-0.05, 0) is 43.3 Å². The zero-order valence-electron chi connectivity index (χ0n) is 14.4. The standard InChI is InChI=1S/C20H19FN2O3/c1-2-25-17-6-4-3-5-16(17)23-19(24)11-12-20-22-13-18(26-20)14-7-9-15(21)10-8-14/h3-10,13H,2,11-12H2,1H3,(H,23,24). The van der Waals surface area contributed by atoms with Gasteiger partial charge in [0.2, 0.25) is 5.91 Å². The molecule has 0 aliphatic heterocycles. The summed E-state index contributed by atoms with van der Waals surface area (Å²) in [4.78, 5) is 16.4. The summed E-state index contributed by atoms with van der Waals surface area (Å²) >= 11 is 0. The van der Waals surface area contributed by atoms with Gasteiger partial charge in [-0.1, -0.05) is 12.1 Å². The summed E-state index contributed by atoms with van der Waals surface area (Å²) in [6.45, 7) is 2.41. The molecular formula is C20H19FN2O3. The van der Waals surface area contributed by atoms with Crippen LogP contribution in [0.1, 0.15) is 19.2 Å². The number of aromatic nitrogens is 1. The normalized spacial score (nSPS) is 10.5. The largest absolute Gasteiger partial charge is 0.492 e. The second kappa shape index (κ2) is 8.29. The van der Waals surface area contributed by atoms with Crippen LogP contribution in [0.5, 0.6) is 5.75 Å². The highest BCUT2D eigenvalue weighted by molar-refractivity contribution is 5.92. The summed E-state index contributed by atoms with van der Waals surface area (Å²) in [5.74, 6) is 1.17. The lowest BCUT2D eigenvalue weighted by Gasteiger charge is -2.10. The quantitative estimate of drug-likeness (QED) is 0.681. The maximum absolute atomic E-state index is 13.0. The van der Waals surface area contributed by atoms with E-state index in [9.17, 15) is 9.18 Å². The van der Waals surface area contributed by atoms with Gasteiger partial charge in [-0.2, -0.15) is 0 Å². The van der Waals surface area contributed by atoms with Crippen LogP contribution in [-0.2, 0) is 11.2 Å². The number of nitrogens with zero attached hydrogens (tertiary/aromatic N) is 1. The molecule has 0 aliphatic rings. The number of rotatable bonds is 7. The van der Waals surface area contributed by atoms with E-state index in [0.717, 1.165) is 5.56 Å². The van der Waals surface area contributed by atoms with Crippen molar-refractivity contribution in [3.05, 3.63) is 66.4 Å². The fourth-order valence-electron chi connectivity index (χ4n) is 2.46. The molecule has 0 spiro atoms. The number of para-hydroxylation sites is 2. The van der Waals surface area contributed by atoms with Gasteiger partial charge in [-0.3, -0.25) is 4.79 Å². The van der Waals surface area contributed by atoms with Crippen LogP contribution in [0.4, 0.5) is 10.1 Å². The van der Waals surface area contributed by atoms with Gasteiger partial charge in [0.1, 0.15) is 11.6 Å². The van der Waals surface area contributed by atoms with Crippen LogP contribution in [-0.4, -0.2) is 17.5 Å². The van der Waals surface area contributed by atoms with Crippen molar-refractivity contribution in [1.82, 2.24) is 4.98 Å².